The zero-order chi connectivity index (χ0) is 21.3. The summed E-state index contributed by atoms with van der Waals surface area (Å²) in [5, 5.41) is 0.212. The van der Waals surface area contributed by atoms with Gasteiger partial charge in [0.25, 0.3) is 11.5 Å². The highest BCUT2D eigenvalue weighted by atomic mass is 19.1. The molecule has 0 unspecified atom stereocenters. The van der Waals surface area contributed by atoms with E-state index in [1.165, 1.54) is 23.0 Å². The highest BCUT2D eigenvalue weighted by Gasteiger charge is 2.29. The van der Waals surface area contributed by atoms with E-state index in [1.54, 1.807) is 24.0 Å². The number of piperazine rings is 1. The standard InChI is InChI=1S/C22H23FN4O3/c1-3-7-27-14-24-20-19(22(27)29)18(15(2)30-20)21(28)26-10-8-25(9-11-26)13-16-5-4-6-17(23)12-16/h3-6,12,14H,1,7-11,13H2,2H3. The number of hydrogen-bond acceptors (Lipinski definition) is 5. The average Bonchev–Trinajstić information content (AvgIpc) is 3.07. The molecule has 0 saturated carbocycles. The first-order valence-corrected chi connectivity index (χ1v) is 9.83. The van der Waals surface area contributed by atoms with Gasteiger partial charge in [-0.15, -0.1) is 6.58 Å². The number of allylic oxidation sites excluding steroid dienone is 1. The molecule has 4 rings (SSSR count). The quantitative estimate of drug-likeness (QED) is 0.605. The van der Waals surface area contributed by atoms with E-state index in [9.17, 15) is 14.0 Å². The van der Waals surface area contributed by atoms with Crippen molar-refractivity contribution in [1.82, 2.24) is 19.4 Å². The largest absolute Gasteiger partial charge is 0.442 e. The molecule has 156 valence electrons. The predicted molar refractivity (Wildman–Crippen MR) is 111 cm³/mol. The Labute approximate surface area is 173 Å². The summed E-state index contributed by atoms with van der Waals surface area (Å²) in [6.07, 6.45) is 3.00. The lowest BCUT2D eigenvalue weighted by molar-refractivity contribution is 0.0628. The second-order valence-corrected chi connectivity index (χ2v) is 7.40. The number of aryl methyl sites for hydroxylation is 1. The molecule has 1 fully saturated rings. The van der Waals surface area contributed by atoms with Crippen molar-refractivity contribution in [3.8, 4) is 0 Å². The lowest BCUT2D eigenvalue weighted by Crippen LogP contribution is -2.48. The molecule has 7 nitrogen and oxygen atoms in total. The number of benzene rings is 1. The zero-order valence-electron chi connectivity index (χ0n) is 16.8. The molecule has 3 heterocycles. The van der Waals surface area contributed by atoms with Crippen LogP contribution in [0, 0.1) is 12.7 Å². The minimum atomic E-state index is -0.315. The molecule has 1 aromatic carbocycles. The third-order valence-corrected chi connectivity index (χ3v) is 5.35. The number of carbonyl (C=O) groups is 1. The Kier molecular flexibility index (Phi) is 5.50. The summed E-state index contributed by atoms with van der Waals surface area (Å²) in [4.78, 5) is 34.1. The van der Waals surface area contributed by atoms with Gasteiger partial charge in [-0.1, -0.05) is 18.2 Å². The maximum absolute atomic E-state index is 13.4. The van der Waals surface area contributed by atoms with Gasteiger partial charge in [-0.2, -0.15) is 0 Å². The maximum Gasteiger partial charge on any atom is 0.265 e. The van der Waals surface area contributed by atoms with Gasteiger partial charge in [0.05, 0.1) is 5.56 Å². The Balaban J connectivity index is 1.52. The fourth-order valence-corrected chi connectivity index (χ4v) is 3.82. The first-order valence-electron chi connectivity index (χ1n) is 9.83. The second kappa shape index (κ2) is 8.23. The van der Waals surface area contributed by atoms with Crippen molar-refractivity contribution >= 4 is 17.0 Å². The van der Waals surface area contributed by atoms with Gasteiger partial charge in [-0.05, 0) is 24.6 Å². The summed E-state index contributed by atoms with van der Waals surface area (Å²) < 4.78 is 20.4. The Bertz CT molecular complexity index is 1160. The third-order valence-electron chi connectivity index (χ3n) is 5.35. The minimum absolute atomic E-state index is 0.172. The van der Waals surface area contributed by atoms with Crippen molar-refractivity contribution in [3.63, 3.8) is 0 Å². The minimum Gasteiger partial charge on any atom is -0.442 e. The predicted octanol–water partition coefficient (Wildman–Crippen LogP) is 2.58. The van der Waals surface area contributed by atoms with E-state index in [2.05, 4.69) is 16.5 Å². The maximum atomic E-state index is 13.4. The van der Waals surface area contributed by atoms with E-state index in [-0.39, 0.29) is 33.9 Å². The molecule has 0 bridgehead atoms. The molecule has 1 amide bonds. The van der Waals surface area contributed by atoms with Crippen molar-refractivity contribution in [2.24, 2.45) is 0 Å². The monoisotopic (exact) mass is 410 g/mol. The van der Waals surface area contributed by atoms with E-state index in [4.69, 9.17) is 4.42 Å². The summed E-state index contributed by atoms with van der Waals surface area (Å²) in [5.74, 6) is -0.0932. The summed E-state index contributed by atoms with van der Waals surface area (Å²) in [5.41, 5.74) is 1.04. The summed E-state index contributed by atoms with van der Waals surface area (Å²) >= 11 is 0. The third kappa shape index (κ3) is 3.78. The average molecular weight is 410 g/mol. The number of aromatic nitrogens is 2. The Morgan fingerprint density at radius 1 is 1.30 bits per heavy atom. The topological polar surface area (TPSA) is 71.6 Å². The summed E-state index contributed by atoms with van der Waals surface area (Å²) in [6, 6.07) is 6.54. The highest BCUT2D eigenvalue weighted by molar-refractivity contribution is 6.06. The number of hydrogen-bond donors (Lipinski definition) is 0. The SMILES string of the molecule is C=CCn1cnc2oc(C)c(C(=O)N3CCN(Cc4cccc(F)c4)CC3)c2c1=O. The normalized spacial score (nSPS) is 14.9. The molecular weight excluding hydrogens is 387 g/mol. The van der Waals surface area contributed by atoms with E-state index in [1.807, 2.05) is 6.07 Å². The molecule has 0 spiro atoms. The van der Waals surface area contributed by atoms with Crippen LogP contribution in [0.25, 0.3) is 11.1 Å². The summed E-state index contributed by atoms with van der Waals surface area (Å²) in [7, 11) is 0. The van der Waals surface area contributed by atoms with Gasteiger partial charge in [-0.3, -0.25) is 19.1 Å². The number of rotatable bonds is 5. The first-order chi connectivity index (χ1) is 14.5. The lowest BCUT2D eigenvalue weighted by atomic mass is 10.1. The van der Waals surface area contributed by atoms with Crippen molar-refractivity contribution < 1.29 is 13.6 Å². The van der Waals surface area contributed by atoms with E-state index in [0.29, 0.717) is 45.0 Å². The van der Waals surface area contributed by atoms with E-state index >= 15 is 0 Å². The molecule has 0 radical (unpaired) electrons. The lowest BCUT2D eigenvalue weighted by Gasteiger charge is -2.34. The molecule has 1 aliphatic rings. The van der Waals surface area contributed by atoms with Gasteiger partial charge in [0.15, 0.2) is 0 Å². The number of carbonyl (C=O) groups excluding carboxylic acids is 1. The fourth-order valence-electron chi connectivity index (χ4n) is 3.82. The molecule has 30 heavy (non-hydrogen) atoms. The van der Waals surface area contributed by atoms with Crippen LogP contribution in [-0.2, 0) is 13.1 Å². The molecule has 8 heteroatoms. The zero-order valence-corrected chi connectivity index (χ0v) is 16.8. The van der Waals surface area contributed by atoms with Crippen LogP contribution < -0.4 is 5.56 Å². The van der Waals surface area contributed by atoms with Gasteiger partial charge in [0.1, 0.15) is 23.3 Å². The van der Waals surface area contributed by atoms with Crippen LogP contribution in [0.4, 0.5) is 4.39 Å². The van der Waals surface area contributed by atoms with E-state index < -0.39 is 0 Å². The molecule has 0 atom stereocenters. The number of furan rings is 1. The van der Waals surface area contributed by atoms with Crippen LogP contribution in [0.1, 0.15) is 21.7 Å². The number of fused-ring (bicyclic) bond motifs is 1. The van der Waals surface area contributed by atoms with Gasteiger partial charge in [0, 0.05) is 39.3 Å². The molecular formula is C22H23FN4O3. The Hall–Kier alpha value is -3.26. The molecule has 2 aromatic heterocycles. The Morgan fingerprint density at radius 3 is 2.77 bits per heavy atom. The highest BCUT2D eigenvalue weighted by Crippen LogP contribution is 2.23. The number of nitrogens with zero attached hydrogens (tertiary/aromatic N) is 4. The summed E-state index contributed by atoms with van der Waals surface area (Å²) in [6.45, 7) is 8.61. The van der Waals surface area contributed by atoms with Crippen LogP contribution in [0.2, 0.25) is 0 Å². The number of halogens is 1. The van der Waals surface area contributed by atoms with Crippen LogP contribution >= 0.6 is 0 Å². The molecule has 1 aliphatic heterocycles. The number of amides is 1. The van der Waals surface area contributed by atoms with Crippen molar-refractivity contribution in [2.45, 2.75) is 20.0 Å². The first kappa shape index (κ1) is 20.0. The van der Waals surface area contributed by atoms with Gasteiger partial charge in [-0.25, -0.2) is 9.37 Å². The molecule has 3 aromatic rings. The van der Waals surface area contributed by atoms with Crippen LogP contribution in [0.3, 0.4) is 0 Å². The van der Waals surface area contributed by atoms with Gasteiger partial charge >= 0.3 is 0 Å². The van der Waals surface area contributed by atoms with Crippen molar-refractivity contribution in [2.75, 3.05) is 26.2 Å². The molecule has 1 saturated heterocycles. The van der Waals surface area contributed by atoms with E-state index in [0.717, 1.165) is 5.56 Å². The van der Waals surface area contributed by atoms with Gasteiger partial charge in [0.2, 0.25) is 5.71 Å². The van der Waals surface area contributed by atoms with Crippen LogP contribution in [-0.4, -0.2) is 51.4 Å². The van der Waals surface area contributed by atoms with Crippen molar-refractivity contribution in [3.05, 3.63) is 76.3 Å². The smallest absolute Gasteiger partial charge is 0.265 e. The Morgan fingerprint density at radius 2 is 2.07 bits per heavy atom. The van der Waals surface area contributed by atoms with Crippen LogP contribution in [0.15, 0.2) is 52.5 Å². The van der Waals surface area contributed by atoms with Gasteiger partial charge < -0.3 is 9.32 Å². The molecule has 0 aliphatic carbocycles. The van der Waals surface area contributed by atoms with Crippen LogP contribution in [0.5, 0.6) is 0 Å². The van der Waals surface area contributed by atoms with Crippen molar-refractivity contribution in [1.29, 1.82) is 0 Å². The molecule has 0 N–H and O–H groups in total. The fraction of sp³-hybridized carbons (Fsp3) is 0.318. The second-order valence-electron chi connectivity index (χ2n) is 7.40.